The Morgan fingerprint density at radius 1 is 1.00 bits per heavy atom. The van der Waals surface area contributed by atoms with E-state index in [1.807, 2.05) is 54.6 Å². The standard InChI is InChI=1S/C15H12N2OS/c1-2-6-12(7-3-1)14-10-13(17-18-14)11-19-15-8-4-5-9-16-15/h1-10H,11H2. The minimum atomic E-state index is 0.757. The third-order valence-corrected chi connectivity index (χ3v) is 3.60. The molecule has 0 saturated heterocycles. The molecule has 3 aromatic rings. The molecule has 0 N–H and O–H groups in total. The average Bonchev–Trinajstić information content (AvgIpc) is 2.96. The van der Waals surface area contributed by atoms with Crippen LogP contribution in [0.4, 0.5) is 0 Å². The van der Waals surface area contributed by atoms with E-state index in [4.69, 9.17) is 4.52 Å². The smallest absolute Gasteiger partial charge is 0.167 e. The third-order valence-electron chi connectivity index (χ3n) is 2.62. The fourth-order valence-electron chi connectivity index (χ4n) is 1.70. The zero-order chi connectivity index (χ0) is 12.9. The lowest BCUT2D eigenvalue weighted by atomic mass is 10.2. The minimum absolute atomic E-state index is 0.757. The SMILES string of the molecule is c1ccc(-c2cc(CSc3ccccn3)no2)cc1. The molecule has 2 heterocycles. The molecule has 3 rings (SSSR count). The lowest BCUT2D eigenvalue weighted by Gasteiger charge is -1.95. The molecule has 0 aliphatic rings. The highest BCUT2D eigenvalue weighted by molar-refractivity contribution is 7.98. The number of thioether (sulfide) groups is 1. The third kappa shape index (κ3) is 3.03. The van der Waals surface area contributed by atoms with Crippen LogP contribution in [0.25, 0.3) is 11.3 Å². The van der Waals surface area contributed by atoms with Crippen molar-refractivity contribution in [1.82, 2.24) is 10.1 Å². The number of nitrogens with zero attached hydrogens (tertiary/aromatic N) is 2. The van der Waals surface area contributed by atoms with E-state index in [1.54, 1.807) is 18.0 Å². The van der Waals surface area contributed by atoms with Gasteiger partial charge in [-0.2, -0.15) is 0 Å². The molecule has 2 aromatic heterocycles. The predicted molar refractivity (Wildman–Crippen MR) is 75.7 cm³/mol. The highest BCUT2D eigenvalue weighted by atomic mass is 32.2. The van der Waals surface area contributed by atoms with Crippen molar-refractivity contribution >= 4 is 11.8 Å². The van der Waals surface area contributed by atoms with E-state index in [0.29, 0.717) is 0 Å². The number of aromatic nitrogens is 2. The van der Waals surface area contributed by atoms with E-state index in [1.165, 1.54) is 0 Å². The average molecular weight is 268 g/mol. The summed E-state index contributed by atoms with van der Waals surface area (Å²) in [6.45, 7) is 0. The highest BCUT2D eigenvalue weighted by Crippen LogP contribution is 2.24. The van der Waals surface area contributed by atoms with Gasteiger partial charge in [0.2, 0.25) is 0 Å². The first-order chi connectivity index (χ1) is 9.42. The molecule has 0 radical (unpaired) electrons. The molecule has 0 saturated carbocycles. The minimum Gasteiger partial charge on any atom is -0.356 e. The maximum Gasteiger partial charge on any atom is 0.167 e. The first-order valence-electron chi connectivity index (χ1n) is 5.97. The summed E-state index contributed by atoms with van der Waals surface area (Å²) < 4.78 is 5.36. The summed E-state index contributed by atoms with van der Waals surface area (Å²) in [4.78, 5) is 4.26. The van der Waals surface area contributed by atoms with Gasteiger partial charge in [0.05, 0.1) is 10.7 Å². The molecular weight excluding hydrogens is 256 g/mol. The summed E-state index contributed by atoms with van der Waals surface area (Å²) in [5.74, 6) is 1.56. The van der Waals surface area contributed by atoms with Crippen LogP contribution in [0.3, 0.4) is 0 Å². The van der Waals surface area contributed by atoms with Crippen molar-refractivity contribution in [2.24, 2.45) is 0 Å². The van der Waals surface area contributed by atoms with Crippen LogP contribution in [-0.4, -0.2) is 10.1 Å². The lowest BCUT2D eigenvalue weighted by Crippen LogP contribution is -1.81. The van der Waals surface area contributed by atoms with Crippen LogP contribution in [0.1, 0.15) is 5.69 Å². The molecular formula is C15H12N2OS. The van der Waals surface area contributed by atoms with E-state index in [2.05, 4.69) is 10.1 Å². The van der Waals surface area contributed by atoms with Gasteiger partial charge in [0.25, 0.3) is 0 Å². The van der Waals surface area contributed by atoms with Gasteiger partial charge < -0.3 is 4.52 Å². The number of hydrogen-bond donors (Lipinski definition) is 0. The van der Waals surface area contributed by atoms with Gasteiger partial charge >= 0.3 is 0 Å². The predicted octanol–water partition coefficient (Wildman–Crippen LogP) is 4.03. The highest BCUT2D eigenvalue weighted by Gasteiger charge is 2.06. The molecule has 0 fully saturated rings. The summed E-state index contributed by atoms with van der Waals surface area (Å²) in [7, 11) is 0. The Kier molecular flexibility index (Phi) is 3.61. The van der Waals surface area contributed by atoms with Crippen LogP contribution >= 0.6 is 11.8 Å². The van der Waals surface area contributed by atoms with Gasteiger partial charge in [-0.15, -0.1) is 0 Å². The van der Waals surface area contributed by atoms with Crippen LogP contribution in [0.5, 0.6) is 0 Å². The molecule has 0 aliphatic heterocycles. The molecule has 4 heteroatoms. The van der Waals surface area contributed by atoms with Gasteiger partial charge in [-0.25, -0.2) is 4.98 Å². The van der Waals surface area contributed by atoms with E-state index in [0.717, 1.165) is 27.8 Å². The van der Waals surface area contributed by atoms with Crippen LogP contribution < -0.4 is 0 Å². The summed E-state index contributed by atoms with van der Waals surface area (Å²) in [6, 6.07) is 17.8. The Labute approximate surface area is 115 Å². The molecule has 1 aromatic carbocycles. The fourth-order valence-corrected chi connectivity index (χ4v) is 2.44. The maximum atomic E-state index is 5.36. The monoisotopic (exact) mass is 268 g/mol. The number of benzene rings is 1. The van der Waals surface area contributed by atoms with E-state index < -0.39 is 0 Å². The van der Waals surface area contributed by atoms with E-state index >= 15 is 0 Å². The fraction of sp³-hybridized carbons (Fsp3) is 0.0667. The van der Waals surface area contributed by atoms with Crippen molar-refractivity contribution in [2.45, 2.75) is 10.8 Å². The van der Waals surface area contributed by atoms with Gasteiger partial charge in [0.15, 0.2) is 5.76 Å². The zero-order valence-corrected chi connectivity index (χ0v) is 11.0. The Bertz CT molecular complexity index is 638. The Morgan fingerprint density at radius 3 is 2.63 bits per heavy atom. The van der Waals surface area contributed by atoms with E-state index in [9.17, 15) is 0 Å². The maximum absolute atomic E-state index is 5.36. The van der Waals surface area contributed by atoms with Crippen molar-refractivity contribution in [3.8, 4) is 11.3 Å². The van der Waals surface area contributed by atoms with Gasteiger partial charge in [0.1, 0.15) is 0 Å². The van der Waals surface area contributed by atoms with Crippen LogP contribution in [0, 0.1) is 0 Å². The normalized spacial score (nSPS) is 10.5. The van der Waals surface area contributed by atoms with Crippen LogP contribution in [0.2, 0.25) is 0 Å². The largest absolute Gasteiger partial charge is 0.356 e. The topological polar surface area (TPSA) is 38.9 Å². The van der Waals surface area contributed by atoms with Gasteiger partial charge in [-0.05, 0) is 12.1 Å². The molecule has 0 bridgehead atoms. The molecule has 19 heavy (non-hydrogen) atoms. The molecule has 0 atom stereocenters. The molecule has 94 valence electrons. The molecule has 0 unspecified atom stereocenters. The van der Waals surface area contributed by atoms with Crippen molar-refractivity contribution in [3.05, 3.63) is 66.5 Å². The first kappa shape index (κ1) is 12.0. The van der Waals surface area contributed by atoms with Crippen molar-refractivity contribution in [1.29, 1.82) is 0 Å². The second-order valence-corrected chi connectivity index (χ2v) is 5.00. The molecule has 3 nitrogen and oxygen atoms in total. The number of pyridine rings is 1. The second-order valence-electron chi connectivity index (χ2n) is 4.01. The van der Waals surface area contributed by atoms with Gasteiger partial charge in [-0.1, -0.05) is 53.3 Å². The van der Waals surface area contributed by atoms with E-state index in [-0.39, 0.29) is 0 Å². The summed E-state index contributed by atoms with van der Waals surface area (Å²) in [5, 5.41) is 5.08. The van der Waals surface area contributed by atoms with Gasteiger partial charge in [-0.3, -0.25) is 0 Å². The first-order valence-corrected chi connectivity index (χ1v) is 6.95. The quantitative estimate of drug-likeness (QED) is 0.670. The summed E-state index contributed by atoms with van der Waals surface area (Å²) in [6.07, 6.45) is 1.79. The summed E-state index contributed by atoms with van der Waals surface area (Å²) in [5.41, 5.74) is 1.97. The van der Waals surface area contributed by atoms with Gasteiger partial charge in [0, 0.05) is 23.6 Å². The van der Waals surface area contributed by atoms with Crippen LogP contribution in [0.15, 0.2) is 70.3 Å². The summed E-state index contributed by atoms with van der Waals surface area (Å²) >= 11 is 1.65. The Balaban J connectivity index is 1.69. The number of rotatable bonds is 4. The Hall–Kier alpha value is -2.07. The molecule has 0 spiro atoms. The number of hydrogen-bond acceptors (Lipinski definition) is 4. The zero-order valence-electron chi connectivity index (χ0n) is 10.2. The lowest BCUT2D eigenvalue weighted by molar-refractivity contribution is 0.426. The van der Waals surface area contributed by atoms with Crippen molar-refractivity contribution < 1.29 is 4.52 Å². The molecule has 0 aliphatic carbocycles. The van der Waals surface area contributed by atoms with Crippen molar-refractivity contribution in [2.75, 3.05) is 0 Å². The molecule has 0 amide bonds. The van der Waals surface area contributed by atoms with Crippen molar-refractivity contribution in [3.63, 3.8) is 0 Å². The van der Waals surface area contributed by atoms with Crippen LogP contribution in [-0.2, 0) is 5.75 Å². The Morgan fingerprint density at radius 2 is 1.84 bits per heavy atom. The second kappa shape index (κ2) is 5.71.